The summed E-state index contributed by atoms with van der Waals surface area (Å²) in [5.41, 5.74) is 2.73. The number of hydrogen-bond donors (Lipinski definition) is 0. The Balaban J connectivity index is 1.90. The molecule has 0 heterocycles. The highest BCUT2D eigenvalue weighted by atomic mass is 19.1. The summed E-state index contributed by atoms with van der Waals surface area (Å²) in [6.45, 7) is 4.65. The average Bonchev–Trinajstić information content (AvgIpc) is 2.63. The third-order valence-electron chi connectivity index (χ3n) is 4.30. The van der Waals surface area contributed by atoms with Crippen LogP contribution >= 0.6 is 0 Å². The van der Waals surface area contributed by atoms with E-state index in [2.05, 4.69) is 13.0 Å². The van der Waals surface area contributed by atoms with Crippen molar-refractivity contribution in [2.45, 2.75) is 26.7 Å². The Morgan fingerprint density at radius 3 is 2.52 bits per heavy atom. The fourth-order valence-electron chi connectivity index (χ4n) is 2.98. The largest absolute Gasteiger partial charge is 0.490 e. The van der Waals surface area contributed by atoms with Gasteiger partial charge < -0.3 is 4.74 Å². The number of ether oxygens (including phenoxy) is 1. The number of rotatable bonds is 6. The van der Waals surface area contributed by atoms with Gasteiger partial charge in [-0.15, -0.1) is 0 Å². The van der Waals surface area contributed by atoms with Crippen LogP contribution in [0.25, 0.3) is 21.9 Å². The number of hydrogen-bond acceptors (Lipinski definition) is 1. The molecular formula is C23H23FO. The van der Waals surface area contributed by atoms with Gasteiger partial charge in [-0.05, 0) is 42.0 Å². The quantitative estimate of drug-likeness (QED) is 0.464. The molecule has 0 aliphatic heterocycles. The van der Waals surface area contributed by atoms with E-state index in [0.717, 1.165) is 29.5 Å². The molecule has 0 amide bonds. The maximum atomic E-state index is 15.0. The van der Waals surface area contributed by atoms with Crippen molar-refractivity contribution in [2.24, 2.45) is 0 Å². The van der Waals surface area contributed by atoms with Crippen molar-refractivity contribution >= 4 is 10.8 Å². The zero-order chi connectivity index (χ0) is 17.6. The monoisotopic (exact) mass is 334 g/mol. The molecule has 0 spiro atoms. The van der Waals surface area contributed by atoms with Crippen LogP contribution < -0.4 is 4.74 Å². The van der Waals surface area contributed by atoms with Crippen molar-refractivity contribution in [3.8, 4) is 16.9 Å². The zero-order valence-electron chi connectivity index (χ0n) is 14.8. The highest BCUT2D eigenvalue weighted by Crippen LogP contribution is 2.30. The Kier molecular flexibility index (Phi) is 5.49. The molecule has 0 bridgehead atoms. The SMILES string of the molecule is CC=CCOc1ccc(-c2ccc3cc(CCC)ccc3c2F)cc1. The minimum atomic E-state index is -0.164. The Bertz CT molecular complexity index is 878. The molecule has 128 valence electrons. The summed E-state index contributed by atoms with van der Waals surface area (Å²) in [6.07, 6.45) is 6.01. The zero-order valence-corrected chi connectivity index (χ0v) is 14.8. The molecule has 0 aliphatic carbocycles. The first-order chi connectivity index (χ1) is 12.2. The molecule has 0 saturated carbocycles. The summed E-state index contributed by atoms with van der Waals surface area (Å²) >= 11 is 0. The van der Waals surface area contributed by atoms with Crippen LogP contribution in [-0.4, -0.2) is 6.61 Å². The third-order valence-corrected chi connectivity index (χ3v) is 4.30. The molecule has 0 N–H and O–H groups in total. The summed E-state index contributed by atoms with van der Waals surface area (Å²) in [5.74, 6) is 0.621. The van der Waals surface area contributed by atoms with Gasteiger partial charge in [0.05, 0.1) is 0 Å². The van der Waals surface area contributed by atoms with Gasteiger partial charge in [0.2, 0.25) is 0 Å². The number of fused-ring (bicyclic) bond motifs is 1. The summed E-state index contributed by atoms with van der Waals surface area (Å²) < 4.78 is 20.6. The van der Waals surface area contributed by atoms with E-state index >= 15 is 0 Å². The molecule has 0 saturated heterocycles. The standard InChI is InChI=1S/C23H23FO/c1-3-5-15-25-20-11-8-18(9-12-20)21-14-10-19-16-17(6-4-2)7-13-22(19)23(21)24/h3,5,7-14,16H,4,6,15H2,1-2H3. The molecular weight excluding hydrogens is 311 g/mol. The first kappa shape index (κ1) is 17.2. The van der Waals surface area contributed by atoms with E-state index in [-0.39, 0.29) is 5.82 Å². The first-order valence-corrected chi connectivity index (χ1v) is 8.78. The Hall–Kier alpha value is -2.61. The molecule has 3 rings (SSSR count). The van der Waals surface area contributed by atoms with Gasteiger partial charge in [0, 0.05) is 10.9 Å². The summed E-state index contributed by atoms with van der Waals surface area (Å²) in [6, 6.07) is 17.4. The van der Waals surface area contributed by atoms with Gasteiger partial charge in [0.1, 0.15) is 18.2 Å². The van der Waals surface area contributed by atoms with Crippen LogP contribution in [0, 0.1) is 5.82 Å². The smallest absolute Gasteiger partial charge is 0.138 e. The maximum Gasteiger partial charge on any atom is 0.138 e. The van der Waals surface area contributed by atoms with Crippen molar-refractivity contribution in [2.75, 3.05) is 6.61 Å². The van der Waals surface area contributed by atoms with E-state index in [9.17, 15) is 4.39 Å². The molecule has 3 aromatic rings. The van der Waals surface area contributed by atoms with E-state index < -0.39 is 0 Å². The predicted molar refractivity (Wildman–Crippen MR) is 104 cm³/mol. The number of aryl methyl sites for hydroxylation is 1. The molecule has 0 aromatic heterocycles. The first-order valence-electron chi connectivity index (χ1n) is 8.78. The van der Waals surface area contributed by atoms with Gasteiger partial charge in [-0.3, -0.25) is 0 Å². The molecule has 0 unspecified atom stereocenters. The average molecular weight is 334 g/mol. The molecule has 0 fully saturated rings. The minimum absolute atomic E-state index is 0.164. The summed E-state index contributed by atoms with van der Waals surface area (Å²) in [4.78, 5) is 0. The van der Waals surface area contributed by atoms with Gasteiger partial charge in [-0.1, -0.05) is 68.0 Å². The van der Waals surface area contributed by atoms with E-state index in [4.69, 9.17) is 4.74 Å². The van der Waals surface area contributed by atoms with Crippen molar-refractivity contribution < 1.29 is 9.13 Å². The van der Waals surface area contributed by atoms with E-state index in [0.29, 0.717) is 17.6 Å². The lowest BCUT2D eigenvalue weighted by atomic mass is 9.98. The fourth-order valence-corrected chi connectivity index (χ4v) is 2.98. The van der Waals surface area contributed by atoms with Gasteiger partial charge in [0.15, 0.2) is 0 Å². The molecule has 0 aliphatic rings. The molecule has 2 heteroatoms. The Morgan fingerprint density at radius 2 is 1.80 bits per heavy atom. The van der Waals surface area contributed by atoms with Crippen molar-refractivity contribution in [1.29, 1.82) is 0 Å². The van der Waals surface area contributed by atoms with Crippen LogP contribution in [0.5, 0.6) is 5.75 Å². The van der Waals surface area contributed by atoms with Crippen molar-refractivity contribution in [3.05, 3.63) is 78.1 Å². The van der Waals surface area contributed by atoms with Crippen LogP contribution in [0.4, 0.5) is 4.39 Å². The van der Waals surface area contributed by atoms with Crippen LogP contribution in [0.1, 0.15) is 25.8 Å². The van der Waals surface area contributed by atoms with Gasteiger partial charge in [-0.2, -0.15) is 0 Å². The topological polar surface area (TPSA) is 9.23 Å². The lowest BCUT2D eigenvalue weighted by Gasteiger charge is -2.10. The normalized spacial score (nSPS) is 11.3. The highest BCUT2D eigenvalue weighted by molar-refractivity contribution is 5.88. The molecule has 0 atom stereocenters. The highest BCUT2D eigenvalue weighted by Gasteiger charge is 2.10. The van der Waals surface area contributed by atoms with E-state index in [1.807, 2.05) is 67.6 Å². The van der Waals surface area contributed by atoms with Gasteiger partial charge in [0.25, 0.3) is 0 Å². The molecule has 1 nitrogen and oxygen atoms in total. The lowest BCUT2D eigenvalue weighted by Crippen LogP contribution is -1.93. The van der Waals surface area contributed by atoms with Gasteiger partial charge >= 0.3 is 0 Å². The molecule has 25 heavy (non-hydrogen) atoms. The summed E-state index contributed by atoms with van der Waals surface area (Å²) in [5, 5.41) is 1.63. The minimum Gasteiger partial charge on any atom is -0.490 e. The van der Waals surface area contributed by atoms with Crippen LogP contribution in [0.2, 0.25) is 0 Å². The maximum absolute atomic E-state index is 15.0. The second-order valence-corrected chi connectivity index (χ2v) is 6.14. The third kappa shape index (κ3) is 3.90. The van der Waals surface area contributed by atoms with E-state index in [1.54, 1.807) is 0 Å². The Morgan fingerprint density at radius 1 is 1.00 bits per heavy atom. The van der Waals surface area contributed by atoms with Crippen LogP contribution in [0.3, 0.4) is 0 Å². The van der Waals surface area contributed by atoms with Crippen molar-refractivity contribution in [3.63, 3.8) is 0 Å². The fraction of sp³-hybridized carbons (Fsp3) is 0.217. The van der Waals surface area contributed by atoms with Gasteiger partial charge in [-0.25, -0.2) is 4.39 Å². The van der Waals surface area contributed by atoms with Crippen molar-refractivity contribution in [1.82, 2.24) is 0 Å². The second kappa shape index (κ2) is 7.98. The second-order valence-electron chi connectivity index (χ2n) is 6.14. The van der Waals surface area contributed by atoms with Crippen LogP contribution in [-0.2, 0) is 6.42 Å². The van der Waals surface area contributed by atoms with Crippen LogP contribution in [0.15, 0.2) is 66.7 Å². The van der Waals surface area contributed by atoms with E-state index in [1.165, 1.54) is 5.56 Å². The Labute approximate surface area is 148 Å². The number of halogens is 1. The molecule has 3 aromatic carbocycles. The predicted octanol–water partition coefficient (Wildman–Crippen LogP) is 6.55. The summed E-state index contributed by atoms with van der Waals surface area (Å²) in [7, 11) is 0. The molecule has 0 radical (unpaired) electrons. The lowest BCUT2D eigenvalue weighted by molar-refractivity contribution is 0.363. The number of allylic oxidation sites excluding steroid dienone is 1. The number of benzene rings is 3.